The first-order valence-electron chi connectivity index (χ1n) is 13.9. The van der Waals surface area contributed by atoms with Crippen LogP contribution in [0.3, 0.4) is 0 Å². The number of rotatable bonds is 10. The number of carbonyl (C=O) groups is 2. The molecule has 10 heteroatoms. The number of aryl methyl sites for hydroxylation is 1. The predicted molar refractivity (Wildman–Crippen MR) is 161 cm³/mol. The molecular formula is C32H38N4O6. The zero-order valence-corrected chi connectivity index (χ0v) is 24.9. The summed E-state index contributed by atoms with van der Waals surface area (Å²) in [7, 11) is 4.66. The summed E-state index contributed by atoms with van der Waals surface area (Å²) >= 11 is 0. The Kier molecular flexibility index (Phi) is 9.67. The molecule has 4 rings (SSSR count). The van der Waals surface area contributed by atoms with E-state index in [0.29, 0.717) is 41.2 Å². The highest BCUT2D eigenvalue weighted by molar-refractivity contribution is 5.86. The molecule has 0 saturated heterocycles. The van der Waals surface area contributed by atoms with E-state index in [9.17, 15) is 14.4 Å². The van der Waals surface area contributed by atoms with Gasteiger partial charge in [0.25, 0.3) is 0 Å². The van der Waals surface area contributed by atoms with Gasteiger partial charge in [-0.3, -0.25) is 19.4 Å². The minimum absolute atomic E-state index is 0.124. The van der Waals surface area contributed by atoms with Gasteiger partial charge in [0.2, 0.25) is 23.0 Å². The fourth-order valence-electron chi connectivity index (χ4n) is 5.32. The number of hydrogen-bond donors (Lipinski definition) is 3. The van der Waals surface area contributed by atoms with Gasteiger partial charge in [0.15, 0.2) is 11.5 Å². The summed E-state index contributed by atoms with van der Waals surface area (Å²) in [6, 6.07) is 11.3. The Labute approximate surface area is 245 Å². The van der Waals surface area contributed by atoms with Crippen LogP contribution in [0, 0.1) is 5.92 Å². The average Bonchev–Trinajstić information content (AvgIpc) is 3.22. The van der Waals surface area contributed by atoms with Crippen LogP contribution in [0.2, 0.25) is 0 Å². The largest absolute Gasteiger partial charge is 0.493 e. The number of amides is 2. The summed E-state index contributed by atoms with van der Waals surface area (Å²) in [5.74, 6) is 0.847. The van der Waals surface area contributed by atoms with Crippen LogP contribution in [0.4, 0.5) is 5.69 Å². The van der Waals surface area contributed by atoms with Crippen molar-refractivity contribution in [1.29, 1.82) is 0 Å². The second-order valence-corrected chi connectivity index (χ2v) is 10.5. The molecule has 42 heavy (non-hydrogen) atoms. The van der Waals surface area contributed by atoms with Crippen molar-refractivity contribution >= 4 is 17.5 Å². The summed E-state index contributed by atoms with van der Waals surface area (Å²) in [4.78, 5) is 43.4. The molecular weight excluding hydrogens is 536 g/mol. The smallest absolute Gasteiger partial charge is 0.243 e. The molecule has 0 fully saturated rings. The molecule has 0 bridgehead atoms. The first kappa shape index (κ1) is 30.4. The maximum absolute atomic E-state index is 13.7. The van der Waals surface area contributed by atoms with E-state index in [0.717, 1.165) is 16.8 Å². The number of benzene rings is 1. The van der Waals surface area contributed by atoms with E-state index in [1.807, 2.05) is 44.2 Å². The van der Waals surface area contributed by atoms with Crippen molar-refractivity contribution in [1.82, 2.24) is 15.6 Å². The summed E-state index contributed by atoms with van der Waals surface area (Å²) in [5.41, 5.74) is 3.73. The molecule has 2 aromatic carbocycles. The van der Waals surface area contributed by atoms with Gasteiger partial charge in [-0.05, 0) is 65.8 Å². The fourth-order valence-corrected chi connectivity index (χ4v) is 5.32. The Morgan fingerprint density at radius 3 is 2.40 bits per heavy atom. The molecule has 0 saturated carbocycles. The number of methoxy groups -OCH3 is 3. The van der Waals surface area contributed by atoms with Gasteiger partial charge in [-0.15, -0.1) is 0 Å². The third kappa shape index (κ3) is 6.48. The van der Waals surface area contributed by atoms with E-state index < -0.39 is 12.1 Å². The van der Waals surface area contributed by atoms with Crippen LogP contribution in [0.5, 0.6) is 17.2 Å². The number of fused-ring (bicyclic) bond motifs is 3. The van der Waals surface area contributed by atoms with Crippen molar-refractivity contribution < 1.29 is 23.8 Å². The van der Waals surface area contributed by atoms with Gasteiger partial charge in [0.1, 0.15) is 6.04 Å². The third-order valence-electron chi connectivity index (χ3n) is 7.35. The minimum Gasteiger partial charge on any atom is -0.493 e. The van der Waals surface area contributed by atoms with E-state index in [1.54, 1.807) is 26.5 Å². The highest BCUT2D eigenvalue weighted by atomic mass is 16.5. The summed E-state index contributed by atoms with van der Waals surface area (Å²) in [5, 5.41) is 9.10. The molecule has 1 heterocycles. The van der Waals surface area contributed by atoms with Crippen LogP contribution in [0.15, 0.2) is 53.5 Å². The quantitative estimate of drug-likeness (QED) is 0.332. The summed E-state index contributed by atoms with van der Waals surface area (Å²) in [6.45, 7) is 5.55. The van der Waals surface area contributed by atoms with E-state index in [1.165, 1.54) is 20.1 Å². The van der Waals surface area contributed by atoms with Gasteiger partial charge >= 0.3 is 0 Å². The second-order valence-electron chi connectivity index (χ2n) is 10.5. The zero-order valence-electron chi connectivity index (χ0n) is 24.9. The van der Waals surface area contributed by atoms with Crippen molar-refractivity contribution in [3.8, 4) is 28.4 Å². The monoisotopic (exact) mass is 574 g/mol. The molecule has 3 aromatic rings. The molecule has 10 nitrogen and oxygen atoms in total. The van der Waals surface area contributed by atoms with Gasteiger partial charge in [-0.2, -0.15) is 0 Å². The van der Waals surface area contributed by atoms with Crippen molar-refractivity contribution in [2.75, 3.05) is 26.6 Å². The molecule has 1 aromatic heterocycles. The number of ether oxygens (including phenoxy) is 3. The van der Waals surface area contributed by atoms with E-state index in [4.69, 9.17) is 14.2 Å². The molecule has 2 unspecified atom stereocenters. The minimum atomic E-state index is -0.680. The number of anilines is 1. The lowest BCUT2D eigenvalue weighted by Crippen LogP contribution is -2.43. The number of aromatic nitrogens is 1. The lowest BCUT2D eigenvalue weighted by molar-refractivity contribution is -0.123. The van der Waals surface area contributed by atoms with Crippen LogP contribution in [-0.2, 0) is 22.6 Å². The Hall–Kier alpha value is -4.60. The van der Waals surface area contributed by atoms with Gasteiger partial charge in [0.05, 0.1) is 45.3 Å². The molecule has 1 aliphatic rings. The number of pyridine rings is 1. The first-order chi connectivity index (χ1) is 20.2. The van der Waals surface area contributed by atoms with Crippen LogP contribution >= 0.6 is 0 Å². The van der Waals surface area contributed by atoms with E-state index >= 15 is 0 Å². The molecule has 3 N–H and O–H groups in total. The van der Waals surface area contributed by atoms with Crippen LogP contribution < -0.4 is 35.6 Å². The Morgan fingerprint density at radius 1 is 1.02 bits per heavy atom. The Balaban J connectivity index is 1.81. The van der Waals surface area contributed by atoms with E-state index in [2.05, 4.69) is 20.9 Å². The number of hydrogen-bond acceptors (Lipinski definition) is 8. The molecule has 0 radical (unpaired) electrons. The average molecular weight is 575 g/mol. The molecule has 2 atom stereocenters. The number of nitrogens with zero attached hydrogens (tertiary/aromatic N) is 1. The van der Waals surface area contributed by atoms with Crippen LogP contribution in [-0.4, -0.2) is 44.2 Å². The lowest BCUT2D eigenvalue weighted by Gasteiger charge is -2.22. The maximum atomic E-state index is 13.7. The van der Waals surface area contributed by atoms with Gasteiger partial charge in [0, 0.05) is 18.7 Å². The number of nitrogens with one attached hydrogen (secondary N) is 3. The molecule has 2 amide bonds. The van der Waals surface area contributed by atoms with Crippen molar-refractivity contribution in [3.05, 3.63) is 75.7 Å². The Morgan fingerprint density at radius 2 is 1.79 bits per heavy atom. The molecule has 0 aliphatic heterocycles. The van der Waals surface area contributed by atoms with Gasteiger partial charge < -0.3 is 30.2 Å². The van der Waals surface area contributed by atoms with Crippen molar-refractivity contribution in [3.63, 3.8) is 0 Å². The topological polar surface area (TPSA) is 128 Å². The van der Waals surface area contributed by atoms with Crippen LogP contribution in [0.25, 0.3) is 11.1 Å². The van der Waals surface area contributed by atoms with Gasteiger partial charge in [-0.1, -0.05) is 26.0 Å². The van der Waals surface area contributed by atoms with Crippen molar-refractivity contribution in [2.24, 2.45) is 5.92 Å². The molecule has 1 aliphatic carbocycles. The first-order valence-corrected chi connectivity index (χ1v) is 13.9. The molecule has 0 spiro atoms. The second kappa shape index (κ2) is 13.4. The standard InChI is InChI=1S/C32H38N4O6/c1-18(2)29(32(39)34-17-21-9-7-8-14-33-21)36-25-13-11-22-23(16-26(25)38)24(35-19(3)37)12-10-20-15-27(40-4)30(41-5)31(42-6)28(20)22/h7-9,11,13-16,18,24,29H,10,12,17H2,1-6H3,(H,34,39)(H,35,37)(H,36,38). The third-order valence-corrected chi connectivity index (χ3v) is 7.35. The maximum Gasteiger partial charge on any atom is 0.243 e. The van der Waals surface area contributed by atoms with Crippen molar-refractivity contribution in [2.45, 2.75) is 52.2 Å². The van der Waals surface area contributed by atoms with Crippen LogP contribution in [0.1, 0.15) is 50.1 Å². The normalized spacial score (nSPS) is 14.5. The highest BCUT2D eigenvalue weighted by Gasteiger charge is 2.30. The van der Waals surface area contributed by atoms with Gasteiger partial charge in [-0.25, -0.2) is 0 Å². The Bertz CT molecular complexity index is 1510. The zero-order chi connectivity index (χ0) is 30.4. The predicted octanol–water partition coefficient (Wildman–Crippen LogP) is 4.01. The fraction of sp³-hybridized carbons (Fsp3) is 0.375. The highest BCUT2D eigenvalue weighted by Crippen LogP contribution is 2.50. The SMILES string of the molecule is COc1cc2c(c(OC)c1OC)-c1ccc(NC(C(=O)NCc3ccccn3)C(C)C)c(=O)cc1C(NC(C)=O)CC2. The summed E-state index contributed by atoms with van der Waals surface area (Å²) in [6.07, 6.45) is 2.82. The van der Waals surface area contributed by atoms with E-state index in [-0.39, 0.29) is 35.4 Å². The molecule has 222 valence electrons. The lowest BCUT2D eigenvalue weighted by atomic mass is 9.95. The number of carbonyl (C=O) groups excluding carboxylic acids is 2. The summed E-state index contributed by atoms with van der Waals surface area (Å²) < 4.78 is 17.1.